The number of pyridine rings is 2. The molecule has 35 heavy (non-hydrogen) atoms. The molecule has 0 unspecified atom stereocenters. The first-order chi connectivity index (χ1) is 16.8. The van der Waals surface area contributed by atoms with E-state index < -0.39 is 17.8 Å². The lowest BCUT2D eigenvalue weighted by molar-refractivity contribution is -0.141. The Kier molecular flexibility index (Phi) is 5.95. The maximum absolute atomic E-state index is 12.9. The number of ether oxygens (including phenoxy) is 1. The number of carboxylic acid groups (broad SMARTS) is 1. The van der Waals surface area contributed by atoms with Crippen molar-refractivity contribution in [1.29, 1.82) is 0 Å². The number of hydrogen-bond acceptors (Lipinski definition) is 6. The molecule has 0 amide bonds. The number of halogens is 3. The molecule has 0 radical (unpaired) electrons. The number of nitrogens with zero attached hydrogens (tertiary/aromatic N) is 5. The Balaban J connectivity index is 1.51. The summed E-state index contributed by atoms with van der Waals surface area (Å²) in [4.78, 5) is 22.0. The third kappa shape index (κ3) is 4.73. The van der Waals surface area contributed by atoms with Crippen molar-refractivity contribution in [3.05, 3.63) is 71.9 Å². The van der Waals surface area contributed by atoms with Gasteiger partial charge in [0, 0.05) is 43.0 Å². The molecular weight excluding hydrogens is 463 g/mol. The van der Waals surface area contributed by atoms with Crippen molar-refractivity contribution in [1.82, 2.24) is 24.6 Å². The number of rotatable bonds is 5. The summed E-state index contributed by atoms with van der Waals surface area (Å²) in [5.74, 6) is -1.25. The standard InChI is InChI=1S/C24H20F3N5O3/c25-24(26,27)21-4-2-18(13-29-21)32-20-3-1-16(10-19(20)22(30-32)23(33)34)17-9-15(11-28-12-17)14-31-5-7-35-8-6-31/h1-4,9-13H,5-8,14H2,(H,33,34). The van der Waals surface area contributed by atoms with Crippen molar-refractivity contribution < 1.29 is 27.8 Å². The molecule has 0 atom stereocenters. The van der Waals surface area contributed by atoms with E-state index >= 15 is 0 Å². The fourth-order valence-electron chi connectivity index (χ4n) is 4.08. The van der Waals surface area contributed by atoms with Gasteiger partial charge in [-0.2, -0.15) is 18.3 Å². The van der Waals surface area contributed by atoms with E-state index in [0.717, 1.165) is 48.6 Å². The van der Waals surface area contributed by atoms with Crippen LogP contribution in [0.1, 0.15) is 21.7 Å². The third-order valence-electron chi connectivity index (χ3n) is 5.80. The van der Waals surface area contributed by atoms with E-state index in [9.17, 15) is 23.1 Å². The molecule has 1 aliphatic rings. The predicted octanol–water partition coefficient (Wildman–Crippen LogP) is 4.03. The predicted molar refractivity (Wildman–Crippen MR) is 120 cm³/mol. The highest BCUT2D eigenvalue weighted by atomic mass is 19.4. The molecule has 8 nitrogen and oxygen atoms in total. The van der Waals surface area contributed by atoms with Crippen molar-refractivity contribution in [2.24, 2.45) is 0 Å². The van der Waals surface area contributed by atoms with E-state index in [4.69, 9.17) is 4.74 Å². The van der Waals surface area contributed by atoms with Gasteiger partial charge in [0.05, 0.1) is 30.6 Å². The summed E-state index contributed by atoms with van der Waals surface area (Å²) in [5, 5.41) is 14.2. The van der Waals surface area contributed by atoms with Crippen molar-refractivity contribution in [3.8, 4) is 16.8 Å². The van der Waals surface area contributed by atoms with E-state index in [1.807, 2.05) is 6.07 Å². The molecule has 0 spiro atoms. The molecule has 11 heteroatoms. The number of carbonyl (C=O) groups is 1. The third-order valence-corrected chi connectivity index (χ3v) is 5.80. The Morgan fingerprint density at radius 1 is 1.03 bits per heavy atom. The summed E-state index contributed by atoms with van der Waals surface area (Å²) in [6.07, 6.45) is -0.0472. The normalized spacial score (nSPS) is 14.9. The second kappa shape index (κ2) is 9.08. The van der Waals surface area contributed by atoms with Gasteiger partial charge in [-0.15, -0.1) is 0 Å². The number of hydrogen-bond donors (Lipinski definition) is 1. The number of alkyl halides is 3. The highest BCUT2D eigenvalue weighted by molar-refractivity contribution is 6.03. The van der Waals surface area contributed by atoms with Gasteiger partial charge in [-0.25, -0.2) is 14.5 Å². The van der Waals surface area contributed by atoms with Crippen molar-refractivity contribution >= 4 is 16.9 Å². The smallest absolute Gasteiger partial charge is 0.433 e. The van der Waals surface area contributed by atoms with Crippen LogP contribution in [0.3, 0.4) is 0 Å². The van der Waals surface area contributed by atoms with Crippen molar-refractivity contribution in [3.63, 3.8) is 0 Å². The minimum atomic E-state index is -4.57. The zero-order chi connectivity index (χ0) is 24.6. The SMILES string of the molecule is O=C(O)c1nn(-c2ccc(C(F)(F)F)nc2)c2ccc(-c3cncc(CN4CCOCC4)c3)cc12. The van der Waals surface area contributed by atoms with Gasteiger partial charge in [-0.1, -0.05) is 6.07 Å². The number of aromatic nitrogens is 4. The van der Waals surface area contributed by atoms with E-state index in [-0.39, 0.29) is 11.4 Å². The zero-order valence-electron chi connectivity index (χ0n) is 18.4. The summed E-state index contributed by atoms with van der Waals surface area (Å²) in [6, 6.07) is 9.25. The zero-order valence-corrected chi connectivity index (χ0v) is 18.4. The molecule has 4 heterocycles. The van der Waals surface area contributed by atoms with Crippen LogP contribution in [0, 0.1) is 0 Å². The Morgan fingerprint density at radius 2 is 1.83 bits per heavy atom. The molecule has 4 aromatic rings. The van der Waals surface area contributed by atoms with Gasteiger partial charge < -0.3 is 9.84 Å². The molecule has 1 N–H and O–H groups in total. The number of aromatic carboxylic acids is 1. The Bertz CT molecular complexity index is 1380. The molecule has 180 valence electrons. The Labute approximate surface area is 197 Å². The molecule has 0 saturated carbocycles. The quantitative estimate of drug-likeness (QED) is 0.458. The summed E-state index contributed by atoms with van der Waals surface area (Å²) in [5.41, 5.74) is 2.00. The van der Waals surface area contributed by atoms with Crippen LogP contribution in [0.4, 0.5) is 13.2 Å². The Hall–Kier alpha value is -3.83. The number of morpholine rings is 1. The molecule has 3 aromatic heterocycles. The van der Waals surface area contributed by atoms with Crippen LogP contribution in [0.5, 0.6) is 0 Å². The fourth-order valence-corrected chi connectivity index (χ4v) is 4.08. The average Bonchev–Trinajstić information content (AvgIpc) is 3.24. The largest absolute Gasteiger partial charge is 0.476 e. The van der Waals surface area contributed by atoms with Gasteiger partial charge in [0.1, 0.15) is 5.69 Å². The minimum Gasteiger partial charge on any atom is -0.476 e. The summed E-state index contributed by atoms with van der Waals surface area (Å²) < 4.78 is 45.3. The van der Waals surface area contributed by atoms with Crippen LogP contribution in [-0.2, 0) is 17.5 Å². The van der Waals surface area contributed by atoms with Crippen LogP contribution >= 0.6 is 0 Å². The molecule has 0 bridgehead atoms. The van der Waals surface area contributed by atoms with Crippen molar-refractivity contribution in [2.75, 3.05) is 26.3 Å². The first-order valence-corrected chi connectivity index (χ1v) is 10.8. The topological polar surface area (TPSA) is 93.4 Å². The lowest BCUT2D eigenvalue weighted by atomic mass is 10.0. The first-order valence-electron chi connectivity index (χ1n) is 10.8. The maximum Gasteiger partial charge on any atom is 0.433 e. The minimum absolute atomic E-state index is 0.209. The van der Waals surface area contributed by atoms with Gasteiger partial charge in [-0.05, 0) is 41.5 Å². The van der Waals surface area contributed by atoms with Crippen LogP contribution in [0.25, 0.3) is 27.7 Å². The highest BCUT2D eigenvalue weighted by Crippen LogP contribution is 2.30. The van der Waals surface area contributed by atoms with Crippen LogP contribution in [0.2, 0.25) is 0 Å². The van der Waals surface area contributed by atoms with Gasteiger partial charge >= 0.3 is 12.1 Å². The van der Waals surface area contributed by atoms with Gasteiger partial charge in [0.2, 0.25) is 0 Å². The summed E-state index contributed by atoms with van der Waals surface area (Å²) >= 11 is 0. The molecule has 1 saturated heterocycles. The maximum atomic E-state index is 12.9. The van der Waals surface area contributed by atoms with Crippen LogP contribution in [0.15, 0.2) is 55.0 Å². The first kappa shape index (κ1) is 22.9. The van der Waals surface area contributed by atoms with Gasteiger partial charge in [0.25, 0.3) is 0 Å². The number of carboxylic acids is 1. The van der Waals surface area contributed by atoms with E-state index in [1.54, 1.807) is 30.6 Å². The second-order valence-corrected chi connectivity index (χ2v) is 8.17. The monoisotopic (exact) mass is 483 g/mol. The molecule has 1 fully saturated rings. The van der Waals surface area contributed by atoms with E-state index in [1.165, 1.54) is 10.7 Å². The molecule has 1 aliphatic heterocycles. The lowest BCUT2D eigenvalue weighted by Gasteiger charge is -2.26. The number of benzene rings is 1. The molecule has 0 aliphatic carbocycles. The average molecular weight is 483 g/mol. The van der Waals surface area contributed by atoms with E-state index in [0.29, 0.717) is 24.1 Å². The van der Waals surface area contributed by atoms with Gasteiger partial charge in [0.15, 0.2) is 5.69 Å². The lowest BCUT2D eigenvalue weighted by Crippen LogP contribution is -2.35. The molecular formula is C24H20F3N5O3. The van der Waals surface area contributed by atoms with Crippen LogP contribution < -0.4 is 0 Å². The summed E-state index contributed by atoms with van der Waals surface area (Å²) in [7, 11) is 0. The van der Waals surface area contributed by atoms with E-state index in [2.05, 4.69) is 20.0 Å². The number of fused-ring (bicyclic) bond motifs is 1. The summed E-state index contributed by atoms with van der Waals surface area (Å²) in [6.45, 7) is 3.80. The molecule has 5 rings (SSSR count). The van der Waals surface area contributed by atoms with Crippen LogP contribution in [-0.4, -0.2) is 62.0 Å². The molecule has 1 aromatic carbocycles. The van der Waals surface area contributed by atoms with Gasteiger partial charge in [-0.3, -0.25) is 9.88 Å². The fraction of sp³-hybridized carbons (Fsp3) is 0.250. The Morgan fingerprint density at radius 3 is 2.51 bits per heavy atom. The van der Waals surface area contributed by atoms with Crippen molar-refractivity contribution in [2.45, 2.75) is 12.7 Å². The second-order valence-electron chi connectivity index (χ2n) is 8.17. The highest BCUT2D eigenvalue weighted by Gasteiger charge is 2.32.